The molecule has 48 heavy (non-hydrogen) atoms. The number of unbranched alkanes of at least 4 members (excludes halogenated alkanes) is 1. The Balaban J connectivity index is 1.54. The van der Waals surface area contributed by atoms with Gasteiger partial charge in [0.05, 0.1) is 54.5 Å². The smallest absolute Gasteiger partial charge is 0.375 e. The summed E-state index contributed by atoms with van der Waals surface area (Å²) in [6.07, 6.45) is 4.39. The number of benzene rings is 2. The third kappa shape index (κ3) is 5.84. The van der Waals surface area contributed by atoms with Gasteiger partial charge in [0.1, 0.15) is 29.1 Å². The van der Waals surface area contributed by atoms with Gasteiger partial charge in [0, 0.05) is 36.5 Å². The highest BCUT2D eigenvalue weighted by Crippen LogP contribution is 2.56. The molecule has 3 N–H and O–H groups in total. The van der Waals surface area contributed by atoms with Gasteiger partial charge < -0.3 is 34.3 Å². The van der Waals surface area contributed by atoms with Crippen LogP contribution in [0.5, 0.6) is 17.2 Å². The van der Waals surface area contributed by atoms with Crippen molar-refractivity contribution in [3.05, 3.63) is 67.9 Å². The molecule has 1 fully saturated rings. The van der Waals surface area contributed by atoms with Crippen LogP contribution in [0, 0.1) is 0 Å². The van der Waals surface area contributed by atoms with Crippen LogP contribution in [0.2, 0.25) is 0 Å². The largest absolute Gasteiger partial charge is 0.496 e. The van der Waals surface area contributed by atoms with E-state index in [1.165, 1.54) is 7.11 Å². The van der Waals surface area contributed by atoms with Crippen molar-refractivity contribution in [1.29, 1.82) is 0 Å². The molecule has 1 aliphatic carbocycles. The molecule has 0 amide bonds. The first-order valence-electron chi connectivity index (χ1n) is 16.5. The van der Waals surface area contributed by atoms with E-state index >= 15 is 0 Å². The molecular formula is C37H41NO10. The number of hydrogen-bond donors (Lipinski definition) is 3. The molecular weight excluding hydrogens is 618 g/mol. The van der Waals surface area contributed by atoms with E-state index in [1.54, 1.807) is 13.8 Å². The number of Topliss-reactive ketones (excluding diaryl/α,β-unsaturated/α-hetero) is 1. The lowest BCUT2D eigenvalue weighted by Crippen LogP contribution is -2.42. The van der Waals surface area contributed by atoms with E-state index in [0.29, 0.717) is 61.0 Å². The lowest BCUT2D eigenvalue weighted by atomic mass is 9.75. The van der Waals surface area contributed by atoms with E-state index in [9.17, 15) is 29.7 Å². The molecule has 254 valence electrons. The standard InChI is InChI=1S/C37H41NO10/c1-4-46-36(43)35-25(18-40)30(22-8-10-28(42)23(16-22)20-7-9-27-21(15-20)11-13-38-27)31-33(45-3)24-17-29(37(2,44)12-5-6-14-39)47-32(24)26(19-41)34(31)48-35/h7,9,11,15,18,23,29,39,41,44H,4-6,8,10,12-14,16-17,19H2,1-3H3/b30-22-/t23-,29-,37-/m0/s1. The zero-order chi connectivity index (χ0) is 34.2. The molecule has 0 bridgehead atoms. The predicted molar refractivity (Wildman–Crippen MR) is 174 cm³/mol. The maximum atomic E-state index is 13.4. The fraction of sp³-hybridized carbons (Fsp3) is 0.459. The summed E-state index contributed by atoms with van der Waals surface area (Å²) in [5.41, 5.74) is 1.90. The molecule has 11 nitrogen and oxygen atoms in total. The van der Waals surface area contributed by atoms with Gasteiger partial charge in [-0.2, -0.15) is 0 Å². The average Bonchev–Trinajstić information content (AvgIpc) is 3.75. The second-order valence-electron chi connectivity index (χ2n) is 12.8. The highest BCUT2D eigenvalue weighted by atomic mass is 16.6. The van der Waals surface area contributed by atoms with Crippen molar-refractivity contribution in [3.63, 3.8) is 0 Å². The van der Waals surface area contributed by atoms with Crippen LogP contribution in [-0.4, -0.2) is 71.9 Å². The number of rotatable bonds is 11. The predicted octanol–water partition coefficient (Wildman–Crippen LogP) is 2.52. The molecule has 0 spiro atoms. The van der Waals surface area contributed by atoms with E-state index in [1.807, 2.05) is 24.3 Å². The minimum absolute atomic E-state index is 0.00780. The molecule has 4 aliphatic rings. The number of nitrogens with zero attached hydrogens (tertiary/aromatic N) is 1. The van der Waals surface area contributed by atoms with Gasteiger partial charge in [-0.25, -0.2) is 4.79 Å². The van der Waals surface area contributed by atoms with Gasteiger partial charge in [-0.15, -0.1) is 0 Å². The molecule has 2 aromatic carbocycles. The third-order valence-corrected chi connectivity index (χ3v) is 9.79. The Morgan fingerprint density at radius 1 is 1.17 bits per heavy atom. The Hall–Kier alpha value is -4.32. The summed E-state index contributed by atoms with van der Waals surface area (Å²) in [4.78, 5) is 44.2. The van der Waals surface area contributed by atoms with Gasteiger partial charge in [-0.3, -0.25) is 14.6 Å². The molecule has 11 heteroatoms. The van der Waals surface area contributed by atoms with Gasteiger partial charge in [0.25, 0.3) is 0 Å². The fourth-order valence-electron chi connectivity index (χ4n) is 7.32. The van der Waals surface area contributed by atoms with E-state index in [-0.39, 0.29) is 66.7 Å². The van der Waals surface area contributed by atoms with Crippen molar-refractivity contribution in [2.24, 2.45) is 4.99 Å². The van der Waals surface area contributed by atoms with Crippen LogP contribution in [-0.2, 0) is 32.1 Å². The van der Waals surface area contributed by atoms with Gasteiger partial charge in [0.15, 0.2) is 6.29 Å². The Bertz CT molecular complexity index is 1850. The fourth-order valence-corrected chi connectivity index (χ4v) is 7.32. The summed E-state index contributed by atoms with van der Waals surface area (Å²) in [7, 11) is 1.48. The molecule has 3 heterocycles. The number of aliphatic hydroxyl groups excluding tert-OH is 2. The van der Waals surface area contributed by atoms with Crippen LogP contribution in [0.25, 0.3) is 11.6 Å². The zero-order valence-electron chi connectivity index (χ0n) is 27.5. The quantitative estimate of drug-likeness (QED) is 0.186. The van der Waals surface area contributed by atoms with Crippen LogP contribution < -0.4 is 24.8 Å². The van der Waals surface area contributed by atoms with Gasteiger partial charge in [0.2, 0.25) is 5.76 Å². The average molecular weight is 660 g/mol. The van der Waals surface area contributed by atoms with Crippen molar-refractivity contribution in [2.75, 3.05) is 26.9 Å². The number of methoxy groups -OCH3 is 1. The molecule has 6 rings (SSSR count). The number of fused-ring (bicyclic) bond motifs is 3. The van der Waals surface area contributed by atoms with Crippen LogP contribution >= 0.6 is 0 Å². The number of aldehydes is 1. The Labute approximate surface area is 278 Å². The van der Waals surface area contributed by atoms with Crippen LogP contribution in [0.15, 0.2) is 40.1 Å². The molecule has 0 aromatic heterocycles. The van der Waals surface area contributed by atoms with Gasteiger partial charge in [-0.1, -0.05) is 17.7 Å². The lowest BCUT2D eigenvalue weighted by Gasteiger charge is -2.32. The van der Waals surface area contributed by atoms with E-state index < -0.39 is 30.2 Å². The Morgan fingerprint density at radius 3 is 2.69 bits per heavy atom. The highest BCUT2D eigenvalue weighted by Gasteiger charge is 2.45. The highest BCUT2D eigenvalue weighted by molar-refractivity contribution is 6.11. The third-order valence-electron chi connectivity index (χ3n) is 9.79. The van der Waals surface area contributed by atoms with Gasteiger partial charge in [-0.05, 0) is 68.9 Å². The second-order valence-corrected chi connectivity index (χ2v) is 12.8. The van der Waals surface area contributed by atoms with Crippen molar-refractivity contribution in [2.45, 2.75) is 83.0 Å². The molecule has 3 atom stereocenters. The maximum Gasteiger partial charge on any atom is 0.375 e. The normalized spacial score (nSPS) is 22.3. The summed E-state index contributed by atoms with van der Waals surface area (Å²) in [5.74, 6) is -0.903. The number of esters is 1. The summed E-state index contributed by atoms with van der Waals surface area (Å²) in [6, 6.07) is 5.82. The van der Waals surface area contributed by atoms with Crippen LogP contribution in [0.3, 0.4) is 0 Å². The second kappa shape index (κ2) is 13.7. The van der Waals surface area contributed by atoms with Gasteiger partial charge >= 0.3 is 5.97 Å². The zero-order valence-corrected chi connectivity index (χ0v) is 27.5. The first-order chi connectivity index (χ1) is 23.2. The summed E-state index contributed by atoms with van der Waals surface area (Å²) in [6.45, 7) is 3.40. The van der Waals surface area contributed by atoms with Crippen LogP contribution in [0.4, 0.5) is 0 Å². The molecule has 0 unspecified atom stereocenters. The molecule has 0 radical (unpaired) electrons. The van der Waals surface area contributed by atoms with E-state index in [0.717, 1.165) is 21.7 Å². The number of ether oxygens (including phenoxy) is 4. The summed E-state index contributed by atoms with van der Waals surface area (Å²) >= 11 is 0. The first kappa shape index (κ1) is 33.6. The molecule has 0 saturated heterocycles. The van der Waals surface area contributed by atoms with Crippen molar-refractivity contribution >= 4 is 29.7 Å². The van der Waals surface area contributed by atoms with Crippen LogP contribution in [0.1, 0.15) is 80.5 Å². The SMILES string of the molecule is CCOC(=O)C1=C(C=O)/C(=C2\CCC(=O)[C@H](c3ccc4c(c3)=CCN=4)C2)c2c(OC)c3c(c(CO)c2O1)O[C@H]([C@@](C)(O)CCCCO)C3. The van der Waals surface area contributed by atoms with Crippen molar-refractivity contribution < 1.29 is 48.7 Å². The van der Waals surface area contributed by atoms with Crippen molar-refractivity contribution in [1.82, 2.24) is 0 Å². The Morgan fingerprint density at radius 2 is 1.98 bits per heavy atom. The summed E-state index contributed by atoms with van der Waals surface area (Å²) < 4.78 is 23.8. The van der Waals surface area contributed by atoms with E-state index in [2.05, 4.69) is 4.99 Å². The lowest BCUT2D eigenvalue weighted by molar-refractivity contribution is -0.141. The number of carbonyl (C=O) groups is 3. The number of ketones is 1. The maximum absolute atomic E-state index is 13.4. The Kier molecular flexibility index (Phi) is 9.55. The van der Waals surface area contributed by atoms with E-state index in [4.69, 9.17) is 18.9 Å². The number of carbonyl (C=O) groups excluding carboxylic acids is 3. The topological polar surface area (TPSA) is 161 Å². The number of aliphatic hydroxyl groups is 3. The molecule has 1 saturated carbocycles. The number of allylic oxidation sites excluding steroid dienone is 3. The minimum atomic E-state index is -1.28. The minimum Gasteiger partial charge on any atom is -0.496 e. The van der Waals surface area contributed by atoms with Crippen molar-refractivity contribution in [3.8, 4) is 17.2 Å². The molecule has 3 aliphatic heterocycles. The number of hydrogen-bond acceptors (Lipinski definition) is 11. The summed E-state index contributed by atoms with van der Waals surface area (Å²) in [5, 5.41) is 33.3. The molecule has 2 aromatic rings. The monoisotopic (exact) mass is 659 g/mol. The first-order valence-corrected chi connectivity index (χ1v) is 16.5.